The Kier molecular flexibility index (Phi) is 17.1. The molecule has 1 aliphatic carbocycles. The van der Waals surface area contributed by atoms with Gasteiger partial charge in [-0.25, -0.2) is 0 Å². The molecule has 328 valence electrons. The minimum absolute atomic E-state index is 0.0160. The summed E-state index contributed by atoms with van der Waals surface area (Å²) in [4.78, 5) is 51.2. The first-order valence-corrected chi connectivity index (χ1v) is 22.3. The van der Waals surface area contributed by atoms with Crippen LogP contribution in [0.15, 0.2) is 109 Å². The van der Waals surface area contributed by atoms with E-state index in [0.717, 1.165) is 61.8 Å². The van der Waals surface area contributed by atoms with Crippen LogP contribution in [0.25, 0.3) is 0 Å². The molecule has 1 aliphatic heterocycles. The van der Waals surface area contributed by atoms with E-state index in [9.17, 15) is 19.2 Å². The van der Waals surface area contributed by atoms with Crippen LogP contribution in [0.5, 0.6) is 0 Å². The summed E-state index contributed by atoms with van der Waals surface area (Å²) in [6, 6.07) is 34.8. The zero-order valence-corrected chi connectivity index (χ0v) is 37.3. The number of benzene rings is 4. The summed E-state index contributed by atoms with van der Waals surface area (Å²) >= 11 is 0. The van der Waals surface area contributed by atoms with Gasteiger partial charge in [0.2, 0.25) is 5.91 Å². The van der Waals surface area contributed by atoms with Crippen LogP contribution in [0.1, 0.15) is 117 Å². The van der Waals surface area contributed by atoms with Crippen LogP contribution in [-0.4, -0.2) is 78.2 Å². The van der Waals surface area contributed by atoms with Gasteiger partial charge in [0.1, 0.15) is 5.84 Å². The number of Topliss-reactive ketones (excluding diaryl/α,β-unsaturated/α-hetero) is 2. The van der Waals surface area contributed by atoms with Crippen LogP contribution >= 0.6 is 0 Å². The summed E-state index contributed by atoms with van der Waals surface area (Å²) in [5.41, 5.74) is 12.3. The number of nitrogen functional groups attached to an aromatic ring is 1. The fourth-order valence-electron chi connectivity index (χ4n) is 8.77. The highest BCUT2D eigenvalue weighted by molar-refractivity contribution is 5.96. The second kappa shape index (κ2) is 22.4. The summed E-state index contributed by atoms with van der Waals surface area (Å²) in [5.74, 6) is 0.861. The van der Waals surface area contributed by atoms with Crippen molar-refractivity contribution in [3.63, 3.8) is 0 Å². The average Bonchev–Trinajstić information content (AvgIpc) is 3.28. The Morgan fingerprint density at radius 1 is 0.645 bits per heavy atom. The quantitative estimate of drug-likeness (QED) is 0.0437. The van der Waals surface area contributed by atoms with E-state index in [1.54, 1.807) is 32.9 Å². The smallest absolute Gasteiger partial charge is 0.278 e. The minimum Gasteiger partial charge on any atom is -0.384 e. The van der Waals surface area contributed by atoms with Gasteiger partial charge >= 0.3 is 0 Å². The van der Waals surface area contributed by atoms with E-state index in [1.165, 1.54) is 11.1 Å². The molecule has 2 amide bonds. The lowest BCUT2D eigenvalue weighted by Crippen LogP contribution is -2.61. The second-order valence-electron chi connectivity index (χ2n) is 17.9. The Morgan fingerprint density at radius 2 is 1.11 bits per heavy atom. The number of likely N-dealkylation sites (tertiary alicyclic amines) is 1. The summed E-state index contributed by atoms with van der Waals surface area (Å²) in [6.07, 6.45) is 7.77. The maximum Gasteiger partial charge on any atom is 0.278 e. The second-order valence-corrected chi connectivity index (χ2v) is 17.9. The number of nitrogens with two attached hydrogens (primary N) is 1. The van der Waals surface area contributed by atoms with Crippen molar-refractivity contribution < 1.29 is 23.7 Å². The first-order chi connectivity index (χ1) is 29.6. The molecule has 1 saturated carbocycles. The third kappa shape index (κ3) is 13.6. The third-order valence-electron chi connectivity index (χ3n) is 13.0. The van der Waals surface area contributed by atoms with Gasteiger partial charge in [-0.3, -0.25) is 24.6 Å². The predicted octanol–water partition coefficient (Wildman–Crippen LogP) is 8.05. The summed E-state index contributed by atoms with van der Waals surface area (Å²) in [5, 5.41) is 21.1. The van der Waals surface area contributed by atoms with E-state index in [1.807, 2.05) is 60.7 Å². The van der Waals surface area contributed by atoms with Crippen molar-refractivity contribution in [2.24, 2.45) is 11.7 Å². The van der Waals surface area contributed by atoms with Gasteiger partial charge in [-0.2, -0.15) is 0 Å². The number of likely N-dealkylation sites (N-methyl/N-ethyl adjacent to an activating group) is 1. The van der Waals surface area contributed by atoms with Crippen molar-refractivity contribution in [2.45, 2.75) is 115 Å². The summed E-state index contributed by atoms with van der Waals surface area (Å²) < 4.78 is 0.637. The minimum atomic E-state index is -0.518. The number of piperidine rings is 1. The van der Waals surface area contributed by atoms with Crippen molar-refractivity contribution in [1.82, 2.24) is 10.6 Å². The molecule has 0 bridgehead atoms. The molecule has 1 saturated heterocycles. The lowest BCUT2D eigenvalue weighted by molar-refractivity contribution is -0.911. The molecule has 4 aromatic carbocycles. The van der Waals surface area contributed by atoms with E-state index in [2.05, 4.69) is 61.1 Å². The van der Waals surface area contributed by atoms with Gasteiger partial charge < -0.3 is 26.3 Å². The standard InChI is InChI=1S/C26H34N4O2.C26H32N2O2/c1-18(24(31)14-11-19-9-12-21(13-10-19)25(27)28)29-26(32)23-17-22(15-16-30(23,2)3)20-7-5-4-6-8-20;1-18(27)21-14-11-20(12-15-21)13-16-25(29)19(2)28-26(30)24-10-6-9-23(17-24)22-7-4-3-5-8-22/h4-10,12-13,18,22-23H,11,14-17H2,1-3H3,(H3-,27,28,29,32);3-5,7-8,11-12,14-15,19,23-24,27H,6,9-10,13,16-17H2,1-2H3,(H,28,30)/p+1/t18-,22-,23+;19-,23-,24+/m00/s1. The number of amidine groups is 1. The topological polar surface area (TPSA) is 166 Å². The van der Waals surface area contributed by atoms with Crippen LogP contribution in [0.3, 0.4) is 0 Å². The molecule has 1 heterocycles. The Hall–Kier alpha value is -5.74. The van der Waals surface area contributed by atoms with Gasteiger partial charge in [-0.05, 0) is 92.5 Å². The molecular weight excluding hydrogens is 773 g/mol. The highest BCUT2D eigenvalue weighted by atomic mass is 16.2. The molecule has 0 unspecified atom stereocenters. The molecule has 6 atom stereocenters. The molecule has 2 aliphatic rings. The maximum absolute atomic E-state index is 13.2. The van der Waals surface area contributed by atoms with Crippen molar-refractivity contribution in [1.29, 1.82) is 10.8 Å². The number of hydrogen-bond donors (Lipinski definition) is 5. The Morgan fingerprint density at radius 3 is 1.60 bits per heavy atom. The SMILES string of the molecule is CC(=N)c1ccc(CCC(=O)[C@H](C)NC(=O)[C@@H]2CCC[C@H](c3ccccc3)C2)cc1.C[C@H](NC(=O)[C@H]1C[C@@H](c2ccccc2)CC[N+]1(C)C)C(=O)CCc1ccc(C(=N)N)cc1. The number of amides is 2. The number of quaternary nitrogens is 1. The summed E-state index contributed by atoms with van der Waals surface area (Å²) in [6.45, 7) is 6.25. The molecule has 6 rings (SSSR count). The first-order valence-electron chi connectivity index (χ1n) is 22.3. The van der Waals surface area contributed by atoms with Crippen LogP contribution in [0.2, 0.25) is 0 Å². The van der Waals surface area contributed by atoms with Crippen molar-refractivity contribution in [3.05, 3.63) is 143 Å². The van der Waals surface area contributed by atoms with Gasteiger partial charge in [-0.1, -0.05) is 116 Å². The molecule has 0 radical (unpaired) electrons. The molecule has 10 nitrogen and oxygen atoms in total. The first kappa shape index (κ1) is 47.3. The maximum atomic E-state index is 13.2. The average molecular weight is 840 g/mol. The Labute approximate surface area is 368 Å². The van der Waals surface area contributed by atoms with E-state index >= 15 is 0 Å². The van der Waals surface area contributed by atoms with Crippen LogP contribution in [0, 0.1) is 16.7 Å². The van der Waals surface area contributed by atoms with E-state index in [0.29, 0.717) is 53.3 Å². The van der Waals surface area contributed by atoms with Gasteiger partial charge in [0.05, 0.1) is 32.7 Å². The molecule has 2 fully saturated rings. The zero-order valence-electron chi connectivity index (χ0n) is 37.3. The number of hydrogen-bond acceptors (Lipinski definition) is 6. The number of rotatable bonds is 16. The van der Waals surface area contributed by atoms with Crippen LogP contribution in [0.4, 0.5) is 0 Å². The molecule has 10 heteroatoms. The largest absolute Gasteiger partial charge is 0.384 e. The highest BCUT2D eigenvalue weighted by Crippen LogP contribution is 2.36. The van der Waals surface area contributed by atoms with Gasteiger partial charge in [0.25, 0.3) is 5.91 Å². The molecule has 0 spiro atoms. The molecule has 6 N–H and O–H groups in total. The zero-order chi connectivity index (χ0) is 44.8. The fourth-order valence-corrected chi connectivity index (χ4v) is 8.77. The molecule has 0 aromatic heterocycles. The monoisotopic (exact) mass is 840 g/mol. The third-order valence-corrected chi connectivity index (χ3v) is 13.0. The number of carbonyl (C=O) groups is 4. The van der Waals surface area contributed by atoms with E-state index in [-0.39, 0.29) is 41.2 Å². The number of ketones is 2. The highest BCUT2D eigenvalue weighted by Gasteiger charge is 2.42. The lowest BCUT2D eigenvalue weighted by atomic mass is 9.77. The fraction of sp³-hybridized carbons (Fsp3) is 0.423. The van der Waals surface area contributed by atoms with Crippen molar-refractivity contribution >= 4 is 34.9 Å². The van der Waals surface area contributed by atoms with Crippen molar-refractivity contribution in [3.8, 4) is 0 Å². The Bertz CT molecular complexity index is 2140. The van der Waals surface area contributed by atoms with Crippen molar-refractivity contribution in [2.75, 3.05) is 20.6 Å². The molecule has 62 heavy (non-hydrogen) atoms. The predicted molar refractivity (Wildman–Crippen MR) is 249 cm³/mol. The van der Waals surface area contributed by atoms with Crippen LogP contribution in [-0.2, 0) is 32.0 Å². The number of aryl methyl sites for hydroxylation is 2. The molecule has 4 aromatic rings. The number of carbonyl (C=O) groups excluding carboxylic acids is 4. The van der Waals surface area contributed by atoms with Gasteiger partial charge in [0, 0.05) is 42.9 Å². The Balaban J connectivity index is 0.000000235. The van der Waals surface area contributed by atoms with Gasteiger partial charge in [-0.15, -0.1) is 0 Å². The number of nitrogens with zero attached hydrogens (tertiary/aromatic N) is 1. The van der Waals surface area contributed by atoms with E-state index < -0.39 is 12.1 Å². The van der Waals surface area contributed by atoms with Gasteiger partial charge in [0.15, 0.2) is 17.6 Å². The van der Waals surface area contributed by atoms with E-state index in [4.69, 9.17) is 16.6 Å². The molecular formula is C52H67N6O4+. The normalized spacial score (nSPS) is 20.3. The van der Waals surface area contributed by atoms with Crippen LogP contribution < -0.4 is 16.4 Å². The lowest BCUT2D eigenvalue weighted by Gasteiger charge is -2.43. The number of nitrogens with one attached hydrogen (secondary N) is 4. The summed E-state index contributed by atoms with van der Waals surface area (Å²) in [7, 11) is 4.20.